The van der Waals surface area contributed by atoms with Crippen molar-refractivity contribution in [3.05, 3.63) is 23.6 Å². The standard InChI is InChI=1S/C11H15BrFNOSi/c1-16(2,3)15-11(7-14)9-6-8(12)4-5-10(9)13/h5-6,8,11H,4H2,1-3H3. The van der Waals surface area contributed by atoms with Crippen LogP contribution in [0.5, 0.6) is 0 Å². The molecule has 0 aromatic carbocycles. The molecule has 1 aliphatic rings. The quantitative estimate of drug-likeness (QED) is 0.588. The molecule has 0 aromatic rings. The Labute approximate surface area is 105 Å². The third-order valence-electron chi connectivity index (χ3n) is 2.03. The fourth-order valence-corrected chi connectivity index (χ4v) is 2.76. The number of halogens is 2. The number of alkyl halides is 1. The van der Waals surface area contributed by atoms with Gasteiger partial charge in [-0.2, -0.15) is 5.26 Å². The lowest BCUT2D eigenvalue weighted by atomic mass is 10.0. The van der Waals surface area contributed by atoms with Crippen LogP contribution in [0.4, 0.5) is 4.39 Å². The van der Waals surface area contributed by atoms with Gasteiger partial charge in [0.25, 0.3) is 0 Å². The van der Waals surface area contributed by atoms with Gasteiger partial charge in [-0.25, -0.2) is 4.39 Å². The Bertz CT molecular complexity index is 367. The average Bonchev–Trinajstić information content (AvgIpc) is 2.17. The van der Waals surface area contributed by atoms with Gasteiger partial charge in [0.15, 0.2) is 14.4 Å². The molecule has 0 N–H and O–H groups in total. The largest absolute Gasteiger partial charge is 0.399 e. The summed E-state index contributed by atoms with van der Waals surface area (Å²) < 4.78 is 19.2. The lowest BCUT2D eigenvalue weighted by Crippen LogP contribution is -2.33. The predicted octanol–water partition coefficient (Wildman–Crippen LogP) is 3.68. The summed E-state index contributed by atoms with van der Waals surface area (Å²) >= 11 is 3.39. The Morgan fingerprint density at radius 1 is 1.62 bits per heavy atom. The first-order chi connectivity index (χ1) is 7.33. The Morgan fingerprint density at radius 3 is 2.75 bits per heavy atom. The van der Waals surface area contributed by atoms with Crippen LogP contribution in [-0.4, -0.2) is 19.2 Å². The molecule has 0 amide bonds. The molecule has 0 aliphatic heterocycles. The molecular formula is C11H15BrFNOSi. The van der Waals surface area contributed by atoms with Gasteiger partial charge in [-0.3, -0.25) is 0 Å². The normalized spacial score (nSPS) is 23.1. The smallest absolute Gasteiger partial charge is 0.186 e. The van der Waals surface area contributed by atoms with E-state index < -0.39 is 14.4 Å². The first-order valence-corrected chi connectivity index (χ1v) is 9.45. The molecule has 0 saturated carbocycles. The van der Waals surface area contributed by atoms with Crippen LogP contribution in [-0.2, 0) is 4.43 Å². The van der Waals surface area contributed by atoms with Crippen LogP contribution >= 0.6 is 15.9 Å². The van der Waals surface area contributed by atoms with Gasteiger partial charge in [-0.05, 0) is 32.1 Å². The first kappa shape index (κ1) is 13.6. The van der Waals surface area contributed by atoms with Gasteiger partial charge in [0.2, 0.25) is 0 Å². The fourth-order valence-electron chi connectivity index (χ4n) is 1.40. The van der Waals surface area contributed by atoms with E-state index in [2.05, 4.69) is 15.9 Å². The van der Waals surface area contributed by atoms with E-state index in [0.29, 0.717) is 12.0 Å². The van der Waals surface area contributed by atoms with Crippen LogP contribution in [0.3, 0.4) is 0 Å². The molecule has 1 aliphatic carbocycles. The van der Waals surface area contributed by atoms with Gasteiger partial charge in [0.1, 0.15) is 5.83 Å². The number of nitriles is 1. The third-order valence-corrected chi connectivity index (χ3v) is 3.61. The Kier molecular flexibility index (Phi) is 4.48. The van der Waals surface area contributed by atoms with E-state index in [0.717, 1.165) is 0 Å². The Balaban J connectivity index is 2.89. The number of rotatable bonds is 3. The zero-order chi connectivity index (χ0) is 12.3. The van der Waals surface area contributed by atoms with Crippen molar-refractivity contribution < 1.29 is 8.82 Å². The minimum atomic E-state index is -1.85. The van der Waals surface area contributed by atoms with Crippen LogP contribution < -0.4 is 0 Å². The maximum atomic E-state index is 13.6. The molecule has 1 rings (SSSR count). The van der Waals surface area contributed by atoms with Crippen LogP contribution in [0.15, 0.2) is 23.6 Å². The highest BCUT2D eigenvalue weighted by Gasteiger charge is 2.27. The van der Waals surface area contributed by atoms with Crippen molar-refractivity contribution in [1.29, 1.82) is 5.26 Å². The molecule has 0 fully saturated rings. The lowest BCUT2D eigenvalue weighted by Gasteiger charge is -2.24. The van der Waals surface area contributed by atoms with E-state index >= 15 is 0 Å². The lowest BCUT2D eigenvalue weighted by molar-refractivity contribution is 0.280. The minimum absolute atomic E-state index is 0.0862. The van der Waals surface area contributed by atoms with E-state index in [1.807, 2.05) is 25.7 Å². The summed E-state index contributed by atoms with van der Waals surface area (Å²) in [6, 6.07) is 2.02. The molecule has 0 spiro atoms. The summed E-state index contributed by atoms with van der Waals surface area (Å²) in [6.07, 6.45) is 3.04. The van der Waals surface area contributed by atoms with Crippen molar-refractivity contribution >= 4 is 24.2 Å². The second-order valence-electron chi connectivity index (χ2n) is 4.67. The predicted molar refractivity (Wildman–Crippen MR) is 68.4 cm³/mol. The molecule has 0 saturated heterocycles. The summed E-state index contributed by atoms with van der Waals surface area (Å²) in [6.45, 7) is 5.94. The molecule has 88 valence electrons. The van der Waals surface area contributed by atoms with E-state index in [1.165, 1.54) is 6.08 Å². The molecule has 0 heterocycles. The molecule has 2 unspecified atom stereocenters. The zero-order valence-electron chi connectivity index (χ0n) is 9.63. The SMILES string of the molecule is C[Si](C)(C)OC(C#N)C1=CC(Br)CC=C1F. The van der Waals surface area contributed by atoms with E-state index in [4.69, 9.17) is 9.69 Å². The van der Waals surface area contributed by atoms with Crippen LogP contribution in [0, 0.1) is 11.3 Å². The number of hydrogen-bond donors (Lipinski definition) is 0. The average molecular weight is 304 g/mol. The Morgan fingerprint density at radius 2 is 2.25 bits per heavy atom. The third kappa shape index (κ3) is 3.85. The maximum absolute atomic E-state index is 13.6. The summed E-state index contributed by atoms with van der Waals surface area (Å²) in [7, 11) is -1.85. The molecule has 5 heteroatoms. The van der Waals surface area contributed by atoms with Gasteiger partial charge in [0.05, 0.1) is 6.07 Å². The summed E-state index contributed by atoms with van der Waals surface area (Å²) in [4.78, 5) is 0.0862. The summed E-state index contributed by atoms with van der Waals surface area (Å²) in [5.74, 6) is -0.333. The van der Waals surface area contributed by atoms with Crippen LogP contribution in [0.1, 0.15) is 6.42 Å². The molecule has 2 atom stereocenters. The molecule has 0 aromatic heterocycles. The van der Waals surface area contributed by atoms with Crippen LogP contribution in [0.2, 0.25) is 19.6 Å². The molecule has 0 bridgehead atoms. The second-order valence-corrected chi connectivity index (χ2v) is 10.3. The van der Waals surface area contributed by atoms with Crippen molar-refractivity contribution in [1.82, 2.24) is 0 Å². The molecular weight excluding hydrogens is 289 g/mol. The highest BCUT2D eigenvalue weighted by molar-refractivity contribution is 9.09. The molecule has 0 radical (unpaired) electrons. The summed E-state index contributed by atoms with van der Waals surface area (Å²) in [5, 5.41) is 9.04. The number of nitrogens with zero attached hydrogens (tertiary/aromatic N) is 1. The van der Waals surface area contributed by atoms with Gasteiger partial charge < -0.3 is 4.43 Å². The monoisotopic (exact) mass is 303 g/mol. The van der Waals surface area contributed by atoms with Crippen molar-refractivity contribution in [3.8, 4) is 6.07 Å². The molecule has 16 heavy (non-hydrogen) atoms. The number of allylic oxidation sites excluding steroid dienone is 2. The minimum Gasteiger partial charge on any atom is -0.399 e. The maximum Gasteiger partial charge on any atom is 0.186 e. The molecule has 2 nitrogen and oxygen atoms in total. The van der Waals surface area contributed by atoms with Crippen molar-refractivity contribution in [2.75, 3.05) is 0 Å². The second kappa shape index (κ2) is 5.26. The zero-order valence-corrected chi connectivity index (χ0v) is 12.2. The van der Waals surface area contributed by atoms with Crippen molar-refractivity contribution in [3.63, 3.8) is 0 Å². The summed E-state index contributed by atoms with van der Waals surface area (Å²) in [5.41, 5.74) is 0.359. The Hall–Kier alpha value is -0.443. The topological polar surface area (TPSA) is 33.0 Å². The van der Waals surface area contributed by atoms with Crippen molar-refractivity contribution in [2.45, 2.75) is 37.0 Å². The highest BCUT2D eigenvalue weighted by Crippen LogP contribution is 2.28. The fraction of sp³-hybridized carbons (Fsp3) is 0.545. The first-order valence-electron chi connectivity index (χ1n) is 5.13. The van der Waals surface area contributed by atoms with Gasteiger partial charge in [-0.1, -0.05) is 22.0 Å². The van der Waals surface area contributed by atoms with E-state index in [1.54, 1.807) is 6.08 Å². The van der Waals surface area contributed by atoms with E-state index in [9.17, 15) is 4.39 Å². The highest BCUT2D eigenvalue weighted by atomic mass is 79.9. The van der Waals surface area contributed by atoms with Gasteiger partial charge in [0, 0.05) is 10.4 Å². The van der Waals surface area contributed by atoms with E-state index in [-0.39, 0.29) is 10.7 Å². The van der Waals surface area contributed by atoms with Gasteiger partial charge in [-0.15, -0.1) is 0 Å². The number of hydrogen-bond acceptors (Lipinski definition) is 2. The van der Waals surface area contributed by atoms with Gasteiger partial charge >= 0.3 is 0 Å². The van der Waals surface area contributed by atoms with Crippen LogP contribution in [0.25, 0.3) is 0 Å². The van der Waals surface area contributed by atoms with Crippen molar-refractivity contribution in [2.24, 2.45) is 0 Å².